The quantitative estimate of drug-likeness (QED) is 0.732. The van der Waals surface area contributed by atoms with Crippen molar-refractivity contribution in [3.63, 3.8) is 0 Å². The minimum atomic E-state index is -0.353. The Labute approximate surface area is 173 Å². The van der Waals surface area contributed by atoms with Gasteiger partial charge in [0.2, 0.25) is 11.8 Å². The van der Waals surface area contributed by atoms with Gasteiger partial charge in [0.25, 0.3) is 5.56 Å². The van der Waals surface area contributed by atoms with E-state index in [4.69, 9.17) is 0 Å². The summed E-state index contributed by atoms with van der Waals surface area (Å²) in [5.41, 5.74) is 0.957. The molecular weight excluding hydrogens is 388 g/mol. The lowest BCUT2D eigenvalue weighted by Crippen LogP contribution is -2.43. The second kappa shape index (κ2) is 9.07. The predicted molar refractivity (Wildman–Crippen MR) is 113 cm³/mol. The number of nitrogens with one attached hydrogen (secondary N) is 2. The van der Waals surface area contributed by atoms with Crippen molar-refractivity contribution in [2.45, 2.75) is 76.8 Å². The van der Waals surface area contributed by atoms with E-state index in [1.807, 2.05) is 0 Å². The van der Waals surface area contributed by atoms with Crippen molar-refractivity contribution < 1.29 is 9.59 Å². The lowest BCUT2D eigenvalue weighted by Gasteiger charge is -2.16. The molecule has 0 bridgehead atoms. The lowest BCUT2D eigenvalue weighted by atomic mass is 9.97. The van der Waals surface area contributed by atoms with Gasteiger partial charge >= 0.3 is 0 Å². The van der Waals surface area contributed by atoms with Gasteiger partial charge in [-0.1, -0.05) is 25.7 Å². The summed E-state index contributed by atoms with van der Waals surface area (Å²) in [6, 6.07) is 0.209. The van der Waals surface area contributed by atoms with Gasteiger partial charge in [-0.3, -0.25) is 19.0 Å². The molecule has 8 heteroatoms. The number of aryl methyl sites for hydroxylation is 2. The number of hydrogen-bond donors (Lipinski definition) is 2. The van der Waals surface area contributed by atoms with Crippen LogP contribution in [0.3, 0.4) is 0 Å². The second-order valence-corrected chi connectivity index (χ2v) is 9.19. The van der Waals surface area contributed by atoms with E-state index in [1.165, 1.54) is 28.6 Å². The lowest BCUT2D eigenvalue weighted by molar-refractivity contribution is -0.126. The van der Waals surface area contributed by atoms with Crippen molar-refractivity contribution >= 4 is 33.4 Å². The molecule has 4 rings (SSSR count). The highest BCUT2D eigenvalue weighted by atomic mass is 32.1. The fourth-order valence-corrected chi connectivity index (χ4v) is 5.61. The van der Waals surface area contributed by atoms with Crippen LogP contribution in [0.1, 0.15) is 61.8 Å². The van der Waals surface area contributed by atoms with E-state index in [2.05, 4.69) is 15.6 Å². The van der Waals surface area contributed by atoms with Gasteiger partial charge in [0.1, 0.15) is 11.4 Å². The molecule has 0 aliphatic heterocycles. The number of aromatic nitrogens is 2. The number of carbonyl (C=O) groups excluding carboxylic acids is 2. The van der Waals surface area contributed by atoms with Crippen molar-refractivity contribution in [3.05, 3.63) is 27.1 Å². The van der Waals surface area contributed by atoms with Gasteiger partial charge in [0, 0.05) is 10.9 Å². The third kappa shape index (κ3) is 4.69. The molecule has 0 unspecified atom stereocenters. The van der Waals surface area contributed by atoms with Crippen LogP contribution in [-0.4, -0.2) is 34.0 Å². The largest absolute Gasteiger partial charge is 0.352 e. The van der Waals surface area contributed by atoms with E-state index < -0.39 is 0 Å². The monoisotopic (exact) mass is 416 g/mol. The second-order valence-electron chi connectivity index (χ2n) is 8.10. The molecule has 29 heavy (non-hydrogen) atoms. The zero-order chi connectivity index (χ0) is 20.2. The van der Waals surface area contributed by atoms with Crippen LogP contribution in [0.4, 0.5) is 0 Å². The number of fused-ring (bicyclic) bond motifs is 3. The van der Waals surface area contributed by atoms with E-state index in [0.29, 0.717) is 5.39 Å². The summed E-state index contributed by atoms with van der Waals surface area (Å²) in [5, 5.41) is 6.32. The molecule has 2 aromatic rings. The summed E-state index contributed by atoms with van der Waals surface area (Å²) in [6.45, 7) is -0.184. The maximum atomic E-state index is 12.9. The molecule has 1 saturated carbocycles. The van der Waals surface area contributed by atoms with E-state index in [9.17, 15) is 14.4 Å². The summed E-state index contributed by atoms with van der Waals surface area (Å²) in [5.74, 6) is -0.522. The van der Waals surface area contributed by atoms with Crippen LogP contribution in [0.15, 0.2) is 11.1 Å². The summed E-state index contributed by atoms with van der Waals surface area (Å²) in [7, 11) is 0. The third-order valence-corrected chi connectivity index (χ3v) is 7.12. The third-order valence-electron chi connectivity index (χ3n) is 5.92. The Hall–Kier alpha value is -2.22. The Morgan fingerprint density at radius 2 is 1.83 bits per heavy atom. The zero-order valence-electron chi connectivity index (χ0n) is 16.7. The van der Waals surface area contributed by atoms with Crippen molar-refractivity contribution in [1.29, 1.82) is 0 Å². The van der Waals surface area contributed by atoms with Gasteiger partial charge in [-0.2, -0.15) is 0 Å². The van der Waals surface area contributed by atoms with Crippen LogP contribution in [0.25, 0.3) is 10.2 Å². The first-order chi connectivity index (χ1) is 14.1. The van der Waals surface area contributed by atoms with E-state index in [0.717, 1.165) is 61.8 Å². The molecule has 2 N–H and O–H groups in total. The number of carbonyl (C=O) groups is 2. The van der Waals surface area contributed by atoms with Crippen LogP contribution in [-0.2, 0) is 29.0 Å². The molecule has 2 amide bonds. The molecule has 7 nitrogen and oxygen atoms in total. The standard InChI is InChI=1S/C21H28N4O3S/c26-17(24-14-7-3-1-2-4-8-14)11-22-18(27)12-25-13-23-20-19(21(25)28)15-9-5-6-10-16(15)29-20/h13-14H,1-12H2,(H,22,27)(H,24,26). The fourth-order valence-electron chi connectivity index (χ4n) is 4.39. The van der Waals surface area contributed by atoms with Crippen molar-refractivity contribution in [2.75, 3.05) is 6.54 Å². The van der Waals surface area contributed by atoms with Crippen LogP contribution in [0, 0.1) is 0 Å². The summed E-state index contributed by atoms with van der Waals surface area (Å²) in [6.07, 6.45) is 12.3. The van der Waals surface area contributed by atoms with Crippen molar-refractivity contribution in [3.8, 4) is 0 Å². The number of nitrogens with zero attached hydrogens (tertiary/aromatic N) is 2. The first kappa shape index (κ1) is 20.1. The Bertz CT molecular complexity index is 957. The highest BCUT2D eigenvalue weighted by molar-refractivity contribution is 7.18. The molecule has 1 fully saturated rings. The average Bonchev–Trinajstić information content (AvgIpc) is 2.91. The highest BCUT2D eigenvalue weighted by Crippen LogP contribution is 2.33. The average molecular weight is 417 g/mol. The highest BCUT2D eigenvalue weighted by Gasteiger charge is 2.21. The Balaban J connectivity index is 1.36. The fraction of sp³-hybridized carbons (Fsp3) is 0.619. The van der Waals surface area contributed by atoms with Gasteiger partial charge in [-0.15, -0.1) is 11.3 Å². The first-order valence-electron chi connectivity index (χ1n) is 10.7. The minimum Gasteiger partial charge on any atom is -0.352 e. The van der Waals surface area contributed by atoms with E-state index >= 15 is 0 Å². The molecule has 2 aliphatic rings. The zero-order valence-corrected chi connectivity index (χ0v) is 17.5. The molecule has 0 saturated heterocycles. The van der Waals surface area contributed by atoms with Crippen LogP contribution < -0.4 is 16.2 Å². The molecule has 0 radical (unpaired) electrons. The number of amides is 2. The summed E-state index contributed by atoms with van der Waals surface area (Å²) >= 11 is 1.60. The molecule has 156 valence electrons. The molecule has 0 aromatic carbocycles. The summed E-state index contributed by atoms with van der Waals surface area (Å²) in [4.78, 5) is 43.8. The predicted octanol–water partition coefficient (Wildman–Crippen LogP) is 2.29. The molecule has 0 spiro atoms. The van der Waals surface area contributed by atoms with Gasteiger partial charge in [0.15, 0.2) is 0 Å². The first-order valence-corrected chi connectivity index (χ1v) is 11.5. The van der Waals surface area contributed by atoms with Crippen LogP contribution in [0.5, 0.6) is 0 Å². The smallest absolute Gasteiger partial charge is 0.262 e. The number of rotatable bonds is 5. The van der Waals surface area contributed by atoms with Crippen molar-refractivity contribution in [1.82, 2.24) is 20.2 Å². The topological polar surface area (TPSA) is 93.1 Å². The minimum absolute atomic E-state index is 0.0619. The molecule has 0 atom stereocenters. The SMILES string of the molecule is O=C(Cn1cnc2sc3c(c2c1=O)CCCC3)NCC(=O)NC1CCCCCC1. The van der Waals surface area contributed by atoms with E-state index in [1.54, 1.807) is 11.3 Å². The Morgan fingerprint density at radius 1 is 1.07 bits per heavy atom. The number of hydrogen-bond acceptors (Lipinski definition) is 5. The molecule has 2 aliphatic carbocycles. The Morgan fingerprint density at radius 3 is 2.62 bits per heavy atom. The van der Waals surface area contributed by atoms with Gasteiger partial charge < -0.3 is 10.6 Å². The molecule has 2 heterocycles. The number of thiophene rings is 1. The Kier molecular flexibility index (Phi) is 6.28. The maximum Gasteiger partial charge on any atom is 0.262 e. The van der Waals surface area contributed by atoms with Gasteiger partial charge in [-0.25, -0.2) is 4.98 Å². The van der Waals surface area contributed by atoms with Crippen LogP contribution in [0.2, 0.25) is 0 Å². The summed E-state index contributed by atoms with van der Waals surface area (Å²) < 4.78 is 1.35. The van der Waals surface area contributed by atoms with Gasteiger partial charge in [-0.05, 0) is 44.1 Å². The van der Waals surface area contributed by atoms with E-state index in [-0.39, 0.29) is 36.5 Å². The normalized spacial score (nSPS) is 17.5. The van der Waals surface area contributed by atoms with Gasteiger partial charge in [0.05, 0.1) is 18.3 Å². The maximum absolute atomic E-state index is 12.9. The van der Waals surface area contributed by atoms with Crippen molar-refractivity contribution in [2.24, 2.45) is 0 Å². The molecular formula is C21H28N4O3S. The molecule has 2 aromatic heterocycles. The van der Waals surface area contributed by atoms with Crippen LogP contribution >= 0.6 is 11.3 Å².